The van der Waals surface area contributed by atoms with E-state index < -0.39 is 0 Å². The molecule has 0 aromatic rings. The lowest BCUT2D eigenvalue weighted by Crippen LogP contribution is -2.26. The minimum Gasteiger partial charge on any atom is -0.314 e. The molecule has 2 fully saturated rings. The van der Waals surface area contributed by atoms with Crippen LogP contribution in [0, 0.1) is 17.3 Å². The topological polar surface area (TPSA) is 12.0 Å². The summed E-state index contributed by atoms with van der Waals surface area (Å²) in [6.07, 6.45) is 4.50. The molecule has 1 nitrogen and oxygen atoms in total. The molecule has 2 rings (SSSR count). The highest BCUT2D eigenvalue weighted by Gasteiger charge is 2.57. The summed E-state index contributed by atoms with van der Waals surface area (Å²) in [7, 11) is 0. The molecule has 0 saturated heterocycles. The third-order valence-electron chi connectivity index (χ3n) is 3.74. The molecular formula is C11H21N. The van der Waals surface area contributed by atoms with Gasteiger partial charge in [-0.15, -0.1) is 0 Å². The summed E-state index contributed by atoms with van der Waals surface area (Å²) in [6.45, 7) is 8.20. The molecule has 2 aliphatic rings. The monoisotopic (exact) mass is 167 g/mol. The van der Waals surface area contributed by atoms with E-state index in [9.17, 15) is 0 Å². The zero-order valence-corrected chi connectivity index (χ0v) is 8.56. The van der Waals surface area contributed by atoms with Gasteiger partial charge in [-0.25, -0.2) is 0 Å². The van der Waals surface area contributed by atoms with Crippen LogP contribution in [0.25, 0.3) is 0 Å². The Hall–Kier alpha value is -0.0400. The molecule has 2 atom stereocenters. The molecule has 0 amide bonds. The van der Waals surface area contributed by atoms with E-state index in [-0.39, 0.29) is 0 Å². The van der Waals surface area contributed by atoms with Crippen molar-refractivity contribution in [3.63, 3.8) is 0 Å². The van der Waals surface area contributed by atoms with Crippen LogP contribution in [0.4, 0.5) is 0 Å². The smallest absolute Gasteiger partial charge is 0.00104 e. The van der Waals surface area contributed by atoms with Gasteiger partial charge in [0.15, 0.2) is 0 Å². The minimum absolute atomic E-state index is 0.661. The van der Waals surface area contributed by atoms with Gasteiger partial charge in [0.25, 0.3) is 0 Å². The maximum Gasteiger partial charge on any atom is 0.00104 e. The Balaban J connectivity index is 1.72. The zero-order valence-electron chi connectivity index (χ0n) is 8.56. The van der Waals surface area contributed by atoms with E-state index in [1.165, 1.54) is 25.8 Å². The van der Waals surface area contributed by atoms with Crippen LogP contribution < -0.4 is 5.32 Å². The fraction of sp³-hybridized carbons (Fsp3) is 1.00. The molecule has 0 aromatic carbocycles. The fourth-order valence-corrected chi connectivity index (χ4v) is 2.40. The largest absolute Gasteiger partial charge is 0.314 e. The van der Waals surface area contributed by atoms with Gasteiger partial charge in [0.05, 0.1) is 0 Å². The van der Waals surface area contributed by atoms with Crippen molar-refractivity contribution in [1.29, 1.82) is 0 Å². The van der Waals surface area contributed by atoms with Crippen LogP contribution in [-0.2, 0) is 0 Å². The maximum absolute atomic E-state index is 3.55. The average Bonchev–Trinajstić information content (AvgIpc) is 2.75. The Kier molecular flexibility index (Phi) is 1.95. The van der Waals surface area contributed by atoms with Crippen molar-refractivity contribution >= 4 is 0 Å². The van der Waals surface area contributed by atoms with Crippen LogP contribution in [-0.4, -0.2) is 12.6 Å². The van der Waals surface area contributed by atoms with Gasteiger partial charge in [0.2, 0.25) is 0 Å². The number of hydrogen-bond donors (Lipinski definition) is 1. The van der Waals surface area contributed by atoms with Gasteiger partial charge in [0, 0.05) is 6.04 Å². The molecule has 0 bridgehead atoms. The van der Waals surface area contributed by atoms with Gasteiger partial charge in [-0.2, -0.15) is 0 Å². The second-order valence-electron chi connectivity index (χ2n) is 5.24. The maximum atomic E-state index is 3.55. The van der Waals surface area contributed by atoms with Crippen molar-refractivity contribution in [1.82, 2.24) is 5.32 Å². The van der Waals surface area contributed by atoms with Crippen molar-refractivity contribution in [3.8, 4) is 0 Å². The van der Waals surface area contributed by atoms with Crippen molar-refractivity contribution in [2.45, 2.75) is 46.1 Å². The van der Waals surface area contributed by atoms with Crippen molar-refractivity contribution in [2.75, 3.05) is 6.54 Å². The number of rotatable bonds is 4. The molecule has 0 heterocycles. The van der Waals surface area contributed by atoms with Gasteiger partial charge in [-0.3, -0.25) is 0 Å². The Bertz CT molecular complexity index is 172. The predicted molar refractivity (Wildman–Crippen MR) is 52.1 cm³/mol. The molecule has 2 unspecified atom stereocenters. The van der Waals surface area contributed by atoms with Crippen LogP contribution in [0.2, 0.25) is 0 Å². The number of hydrogen-bond acceptors (Lipinski definition) is 1. The van der Waals surface area contributed by atoms with Crippen molar-refractivity contribution in [3.05, 3.63) is 0 Å². The van der Waals surface area contributed by atoms with Gasteiger partial charge < -0.3 is 5.32 Å². The Morgan fingerprint density at radius 1 is 1.42 bits per heavy atom. The van der Waals surface area contributed by atoms with Crippen molar-refractivity contribution < 1.29 is 0 Å². The second-order valence-corrected chi connectivity index (χ2v) is 5.24. The minimum atomic E-state index is 0.661. The van der Waals surface area contributed by atoms with E-state index in [0.29, 0.717) is 6.04 Å². The van der Waals surface area contributed by atoms with Gasteiger partial charge in [-0.05, 0) is 43.1 Å². The SMILES string of the molecule is CC(C)NCC1CC1(C)C1CC1. The highest BCUT2D eigenvalue weighted by Crippen LogP contribution is 2.64. The summed E-state index contributed by atoms with van der Waals surface area (Å²) in [4.78, 5) is 0. The molecule has 70 valence electrons. The predicted octanol–water partition coefficient (Wildman–Crippen LogP) is 2.42. The molecule has 0 spiro atoms. The first-order valence-corrected chi connectivity index (χ1v) is 5.36. The van der Waals surface area contributed by atoms with Crippen LogP contribution >= 0.6 is 0 Å². The summed E-state index contributed by atoms with van der Waals surface area (Å²) in [5.74, 6) is 2.09. The second kappa shape index (κ2) is 2.73. The Morgan fingerprint density at radius 2 is 2.08 bits per heavy atom. The fourth-order valence-electron chi connectivity index (χ4n) is 2.40. The Morgan fingerprint density at radius 3 is 2.58 bits per heavy atom. The molecule has 12 heavy (non-hydrogen) atoms. The molecule has 0 radical (unpaired) electrons. The summed E-state index contributed by atoms with van der Waals surface area (Å²) in [6, 6.07) is 0.661. The van der Waals surface area contributed by atoms with E-state index in [0.717, 1.165) is 17.3 Å². The summed E-state index contributed by atoms with van der Waals surface area (Å²) in [5.41, 5.74) is 0.752. The van der Waals surface area contributed by atoms with E-state index in [1.54, 1.807) is 0 Å². The van der Waals surface area contributed by atoms with E-state index in [2.05, 4.69) is 26.1 Å². The standard InChI is InChI=1S/C11H21N/c1-8(2)12-7-10-6-11(10,3)9-4-5-9/h8-10,12H,4-7H2,1-3H3. The lowest BCUT2D eigenvalue weighted by molar-refractivity contribution is 0.414. The molecule has 2 aliphatic carbocycles. The third-order valence-corrected chi connectivity index (χ3v) is 3.74. The summed E-state index contributed by atoms with van der Waals surface area (Å²) in [5, 5.41) is 3.55. The first-order valence-electron chi connectivity index (χ1n) is 5.36. The molecule has 0 aliphatic heterocycles. The highest BCUT2D eigenvalue weighted by molar-refractivity contribution is 5.08. The number of nitrogens with one attached hydrogen (secondary N) is 1. The van der Waals surface area contributed by atoms with Gasteiger partial charge >= 0.3 is 0 Å². The lowest BCUT2D eigenvalue weighted by atomic mass is 10.0. The van der Waals surface area contributed by atoms with Crippen LogP contribution in [0.15, 0.2) is 0 Å². The average molecular weight is 167 g/mol. The molecule has 1 N–H and O–H groups in total. The normalized spacial score (nSPS) is 40.5. The van der Waals surface area contributed by atoms with E-state index in [4.69, 9.17) is 0 Å². The van der Waals surface area contributed by atoms with Crippen LogP contribution in [0.5, 0.6) is 0 Å². The summed E-state index contributed by atoms with van der Waals surface area (Å²) < 4.78 is 0. The zero-order chi connectivity index (χ0) is 8.77. The lowest BCUT2D eigenvalue weighted by Gasteiger charge is -2.11. The molecule has 0 aromatic heterocycles. The molecule has 2 saturated carbocycles. The quantitative estimate of drug-likeness (QED) is 0.678. The molecule has 1 heteroatoms. The van der Waals surface area contributed by atoms with Crippen LogP contribution in [0.1, 0.15) is 40.0 Å². The Labute approximate surface area is 75.9 Å². The summed E-state index contributed by atoms with van der Waals surface area (Å²) >= 11 is 0. The van der Waals surface area contributed by atoms with Gasteiger partial charge in [-0.1, -0.05) is 20.8 Å². The van der Waals surface area contributed by atoms with Gasteiger partial charge in [0.1, 0.15) is 0 Å². The van der Waals surface area contributed by atoms with Crippen LogP contribution in [0.3, 0.4) is 0 Å². The van der Waals surface area contributed by atoms with Crippen molar-refractivity contribution in [2.24, 2.45) is 17.3 Å². The third kappa shape index (κ3) is 1.52. The first kappa shape index (κ1) is 8.55. The van der Waals surface area contributed by atoms with E-state index >= 15 is 0 Å². The highest BCUT2D eigenvalue weighted by atomic mass is 14.9. The molecular weight excluding hydrogens is 146 g/mol. The first-order chi connectivity index (χ1) is 5.63. The van der Waals surface area contributed by atoms with E-state index in [1.807, 2.05) is 0 Å².